The van der Waals surface area contributed by atoms with Crippen molar-refractivity contribution < 1.29 is 13.2 Å². The largest absolute Gasteiger partial charge is 0.375 e. The summed E-state index contributed by atoms with van der Waals surface area (Å²) in [5.41, 5.74) is 1.30. The van der Waals surface area contributed by atoms with Gasteiger partial charge in [-0.25, -0.2) is 13.1 Å². The predicted octanol–water partition coefficient (Wildman–Crippen LogP) is 2.91. The second-order valence-corrected chi connectivity index (χ2v) is 9.27. The van der Waals surface area contributed by atoms with Crippen LogP contribution in [0.25, 0.3) is 0 Å². The van der Waals surface area contributed by atoms with E-state index in [9.17, 15) is 13.2 Å². The molecule has 0 spiro atoms. The lowest BCUT2D eigenvalue weighted by Crippen LogP contribution is -2.25. The molecule has 1 unspecified atom stereocenters. The van der Waals surface area contributed by atoms with Crippen LogP contribution in [-0.4, -0.2) is 42.2 Å². The molecule has 0 bridgehead atoms. The lowest BCUT2D eigenvalue weighted by molar-refractivity contribution is -0.114. The van der Waals surface area contributed by atoms with Crippen LogP contribution < -0.4 is 10.6 Å². The van der Waals surface area contributed by atoms with Gasteiger partial charge in [-0.15, -0.1) is 0 Å². The fourth-order valence-corrected chi connectivity index (χ4v) is 5.02. The van der Waals surface area contributed by atoms with Crippen molar-refractivity contribution in [3.8, 4) is 0 Å². The van der Waals surface area contributed by atoms with Crippen molar-refractivity contribution in [1.29, 1.82) is 0 Å². The first-order valence-corrected chi connectivity index (χ1v) is 10.6. The number of nitrogens with zero attached hydrogens (tertiary/aromatic N) is 2. The van der Waals surface area contributed by atoms with Gasteiger partial charge >= 0.3 is 0 Å². The minimum atomic E-state index is -3.05. The van der Waals surface area contributed by atoms with E-state index in [0.29, 0.717) is 33.7 Å². The average Bonchev–Trinajstić information content (AvgIpc) is 3.08. The third kappa shape index (κ3) is 4.49. The zero-order valence-corrected chi connectivity index (χ0v) is 16.3. The van der Waals surface area contributed by atoms with E-state index >= 15 is 0 Å². The SMILES string of the molecule is Cc1cc(NC(=O)CNc2ccc(Cl)cc2Cl)n(C2CCS(=O)(=O)C2)n1. The van der Waals surface area contributed by atoms with Gasteiger partial charge in [-0.1, -0.05) is 23.2 Å². The number of benzene rings is 1. The number of carbonyl (C=O) groups is 1. The molecule has 2 aromatic rings. The molecule has 0 aliphatic carbocycles. The standard InChI is InChI=1S/C16H18Cl2N4O3S/c1-10-6-15(22(21-10)12-4-5-26(24,25)9-12)20-16(23)8-19-14-3-2-11(17)7-13(14)18/h2-3,6-7,12,19H,4-5,8-9H2,1H3,(H,20,23). The number of anilines is 2. The lowest BCUT2D eigenvalue weighted by Gasteiger charge is -2.14. The zero-order valence-electron chi connectivity index (χ0n) is 14.0. The molecule has 1 atom stereocenters. The molecule has 26 heavy (non-hydrogen) atoms. The first-order valence-electron chi connectivity index (χ1n) is 7.99. The van der Waals surface area contributed by atoms with E-state index in [0.717, 1.165) is 0 Å². The van der Waals surface area contributed by atoms with E-state index in [4.69, 9.17) is 23.2 Å². The van der Waals surface area contributed by atoms with E-state index in [1.165, 1.54) is 0 Å². The number of sulfone groups is 1. The van der Waals surface area contributed by atoms with Crippen LogP contribution in [0.3, 0.4) is 0 Å². The summed E-state index contributed by atoms with van der Waals surface area (Å²) < 4.78 is 25.0. The summed E-state index contributed by atoms with van der Waals surface area (Å²) in [6.45, 7) is 1.79. The first-order chi connectivity index (χ1) is 12.2. The summed E-state index contributed by atoms with van der Waals surface area (Å²) in [5.74, 6) is 0.368. The number of hydrogen-bond acceptors (Lipinski definition) is 5. The summed E-state index contributed by atoms with van der Waals surface area (Å²) in [6.07, 6.45) is 0.491. The van der Waals surface area contributed by atoms with Gasteiger partial charge in [0.25, 0.3) is 0 Å². The Morgan fingerprint density at radius 2 is 2.12 bits per heavy atom. The van der Waals surface area contributed by atoms with Crippen LogP contribution >= 0.6 is 23.2 Å². The van der Waals surface area contributed by atoms with E-state index in [1.54, 1.807) is 35.9 Å². The lowest BCUT2D eigenvalue weighted by atomic mass is 10.3. The Hall–Kier alpha value is -1.77. The zero-order chi connectivity index (χ0) is 18.9. The molecule has 1 aliphatic rings. The number of rotatable bonds is 5. The summed E-state index contributed by atoms with van der Waals surface area (Å²) in [4.78, 5) is 12.3. The van der Waals surface area contributed by atoms with E-state index in [1.807, 2.05) is 0 Å². The van der Waals surface area contributed by atoms with Crippen LogP contribution in [0.5, 0.6) is 0 Å². The summed E-state index contributed by atoms with van der Waals surface area (Å²) in [7, 11) is -3.05. The molecule has 3 rings (SSSR count). The second kappa shape index (κ2) is 7.46. The molecule has 1 fully saturated rings. The van der Waals surface area contributed by atoms with Gasteiger partial charge in [0.2, 0.25) is 5.91 Å². The van der Waals surface area contributed by atoms with Crippen molar-refractivity contribution >= 4 is 50.5 Å². The van der Waals surface area contributed by atoms with Gasteiger partial charge in [0, 0.05) is 11.1 Å². The second-order valence-electron chi connectivity index (χ2n) is 6.20. The smallest absolute Gasteiger partial charge is 0.244 e. The fourth-order valence-electron chi connectivity index (χ4n) is 2.85. The predicted molar refractivity (Wildman–Crippen MR) is 103 cm³/mol. The third-order valence-electron chi connectivity index (χ3n) is 4.05. The molecule has 1 saturated heterocycles. The quantitative estimate of drug-likeness (QED) is 0.781. The van der Waals surface area contributed by atoms with Crippen LogP contribution in [0.2, 0.25) is 10.0 Å². The van der Waals surface area contributed by atoms with Gasteiger partial charge in [0.05, 0.1) is 40.5 Å². The van der Waals surface area contributed by atoms with Crippen molar-refractivity contribution in [2.24, 2.45) is 0 Å². The van der Waals surface area contributed by atoms with E-state index < -0.39 is 9.84 Å². The Morgan fingerprint density at radius 3 is 2.77 bits per heavy atom. The highest BCUT2D eigenvalue weighted by Gasteiger charge is 2.31. The summed E-state index contributed by atoms with van der Waals surface area (Å²) in [6, 6.07) is 6.41. The van der Waals surface area contributed by atoms with Crippen molar-refractivity contribution in [1.82, 2.24) is 9.78 Å². The van der Waals surface area contributed by atoms with Gasteiger partial charge in [0.15, 0.2) is 9.84 Å². The summed E-state index contributed by atoms with van der Waals surface area (Å²) >= 11 is 11.9. The molecule has 2 heterocycles. The Morgan fingerprint density at radius 1 is 1.35 bits per heavy atom. The number of nitrogens with one attached hydrogen (secondary N) is 2. The van der Waals surface area contributed by atoms with Gasteiger partial charge in [-0.05, 0) is 31.5 Å². The minimum absolute atomic E-state index is 0.00541. The topological polar surface area (TPSA) is 93.1 Å². The number of carbonyl (C=O) groups excluding carboxylic acids is 1. The van der Waals surface area contributed by atoms with Crippen molar-refractivity contribution in [2.45, 2.75) is 19.4 Å². The molecule has 0 saturated carbocycles. The maximum atomic E-state index is 12.3. The molecule has 2 N–H and O–H groups in total. The minimum Gasteiger partial charge on any atom is -0.375 e. The molecule has 1 aromatic heterocycles. The fraction of sp³-hybridized carbons (Fsp3) is 0.375. The number of aromatic nitrogens is 2. The molecule has 1 aliphatic heterocycles. The summed E-state index contributed by atoms with van der Waals surface area (Å²) in [5, 5.41) is 11.0. The van der Waals surface area contributed by atoms with Crippen molar-refractivity contribution in [3.05, 3.63) is 40.0 Å². The Kier molecular flexibility index (Phi) is 5.45. The van der Waals surface area contributed by atoms with Crippen molar-refractivity contribution in [3.63, 3.8) is 0 Å². The number of amides is 1. The molecule has 1 amide bonds. The van der Waals surface area contributed by atoms with Crippen LogP contribution in [0, 0.1) is 6.92 Å². The van der Waals surface area contributed by atoms with Gasteiger partial charge in [0.1, 0.15) is 5.82 Å². The monoisotopic (exact) mass is 416 g/mol. The van der Waals surface area contributed by atoms with E-state index in [-0.39, 0.29) is 30.0 Å². The van der Waals surface area contributed by atoms with Crippen LogP contribution in [0.1, 0.15) is 18.2 Å². The maximum Gasteiger partial charge on any atom is 0.244 e. The van der Waals surface area contributed by atoms with E-state index in [2.05, 4.69) is 15.7 Å². The Balaban J connectivity index is 1.66. The van der Waals surface area contributed by atoms with Crippen LogP contribution in [0.15, 0.2) is 24.3 Å². The van der Waals surface area contributed by atoms with Gasteiger partial charge in [-0.2, -0.15) is 5.10 Å². The number of halogens is 2. The molecule has 7 nitrogen and oxygen atoms in total. The number of hydrogen-bond donors (Lipinski definition) is 2. The molecule has 140 valence electrons. The molecule has 1 aromatic carbocycles. The van der Waals surface area contributed by atoms with Crippen LogP contribution in [-0.2, 0) is 14.6 Å². The van der Waals surface area contributed by atoms with Gasteiger partial charge < -0.3 is 10.6 Å². The molecule has 0 radical (unpaired) electrons. The maximum absolute atomic E-state index is 12.3. The van der Waals surface area contributed by atoms with Crippen LogP contribution in [0.4, 0.5) is 11.5 Å². The molecular formula is C16H18Cl2N4O3S. The molecule has 10 heteroatoms. The molecular weight excluding hydrogens is 399 g/mol. The van der Waals surface area contributed by atoms with Gasteiger partial charge in [-0.3, -0.25) is 4.79 Å². The first kappa shape index (κ1) is 19.0. The van der Waals surface area contributed by atoms with Crippen molar-refractivity contribution in [2.75, 3.05) is 28.7 Å². The third-order valence-corrected chi connectivity index (χ3v) is 6.35. The normalized spacial score (nSPS) is 18.7. The highest BCUT2D eigenvalue weighted by Crippen LogP contribution is 2.27. The highest BCUT2D eigenvalue weighted by atomic mass is 35.5. The number of aryl methyl sites for hydroxylation is 1. The Bertz CT molecular complexity index is 943. The average molecular weight is 417 g/mol. The Labute approximate surface area is 161 Å². The highest BCUT2D eigenvalue weighted by molar-refractivity contribution is 7.91.